The molecule has 0 bridgehead atoms. The first kappa shape index (κ1) is 11.7. The van der Waals surface area contributed by atoms with Gasteiger partial charge in [-0.15, -0.1) is 12.4 Å². The van der Waals surface area contributed by atoms with Crippen molar-refractivity contribution in [3.63, 3.8) is 0 Å². The van der Waals surface area contributed by atoms with Crippen LogP contribution in [0.25, 0.3) is 0 Å². The van der Waals surface area contributed by atoms with Crippen molar-refractivity contribution in [3.05, 3.63) is 0 Å². The number of ether oxygens (including phenoxy) is 1. The van der Waals surface area contributed by atoms with Crippen LogP contribution in [-0.4, -0.2) is 25.2 Å². The molecule has 4 heteroatoms. The van der Waals surface area contributed by atoms with Crippen LogP contribution in [0.15, 0.2) is 0 Å². The highest BCUT2D eigenvalue weighted by Gasteiger charge is 2.24. The lowest BCUT2D eigenvalue weighted by Crippen LogP contribution is -2.22. The van der Waals surface area contributed by atoms with Gasteiger partial charge in [0.2, 0.25) is 0 Å². The monoisotopic (exact) mass is 193 g/mol. The summed E-state index contributed by atoms with van der Waals surface area (Å²) in [5, 5.41) is 3.13. The molecule has 0 aromatic heterocycles. The van der Waals surface area contributed by atoms with Crippen LogP contribution >= 0.6 is 12.4 Å². The fourth-order valence-corrected chi connectivity index (χ4v) is 1.18. The number of nitrogens with one attached hydrogen (secondary N) is 1. The van der Waals surface area contributed by atoms with Crippen LogP contribution in [0.5, 0.6) is 0 Å². The normalized spacial score (nSPS) is 22.1. The molecule has 3 nitrogen and oxygen atoms in total. The molecule has 12 heavy (non-hydrogen) atoms. The molecule has 72 valence electrons. The lowest BCUT2D eigenvalue weighted by molar-refractivity contribution is -0.151. The predicted molar refractivity (Wildman–Crippen MR) is 49.5 cm³/mol. The van der Waals surface area contributed by atoms with Crippen LogP contribution in [0, 0.1) is 5.92 Å². The Hall–Kier alpha value is -0.280. The largest absolute Gasteiger partial charge is 0.463 e. The highest BCUT2D eigenvalue weighted by Crippen LogP contribution is 2.10. The second-order valence-electron chi connectivity index (χ2n) is 3.18. The first-order chi connectivity index (χ1) is 5.20. The van der Waals surface area contributed by atoms with Crippen LogP contribution < -0.4 is 5.32 Å². The molecule has 0 radical (unpaired) electrons. The van der Waals surface area contributed by atoms with Gasteiger partial charge in [-0.25, -0.2) is 0 Å². The number of carbonyl (C=O) groups is 1. The Morgan fingerprint density at radius 2 is 2.25 bits per heavy atom. The molecule has 0 saturated carbocycles. The Balaban J connectivity index is 0.00000121. The van der Waals surface area contributed by atoms with Crippen molar-refractivity contribution >= 4 is 18.4 Å². The third-order valence-electron chi connectivity index (χ3n) is 1.75. The maximum Gasteiger partial charge on any atom is 0.310 e. The van der Waals surface area contributed by atoms with E-state index in [2.05, 4.69) is 5.32 Å². The summed E-state index contributed by atoms with van der Waals surface area (Å²) in [4.78, 5) is 11.2. The number of esters is 1. The van der Waals surface area contributed by atoms with E-state index in [4.69, 9.17) is 4.74 Å². The Labute approximate surface area is 79.3 Å². The zero-order valence-corrected chi connectivity index (χ0v) is 8.32. The van der Waals surface area contributed by atoms with Gasteiger partial charge >= 0.3 is 5.97 Å². The molecular formula is C8H16ClNO2. The van der Waals surface area contributed by atoms with Gasteiger partial charge in [-0.05, 0) is 26.8 Å². The molecule has 1 heterocycles. The smallest absolute Gasteiger partial charge is 0.310 e. The van der Waals surface area contributed by atoms with Crippen LogP contribution in [0.2, 0.25) is 0 Å². The maximum atomic E-state index is 11.2. The van der Waals surface area contributed by atoms with Crippen molar-refractivity contribution in [2.24, 2.45) is 5.92 Å². The summed E-state index contributed by atoms with van der Waals surface area (Å²) in [6, 6.07) is 0. The van der Waals surface area contributed by atoms with Gasteiger partial charge < -0.3 is 10.1 Å². The van der Waals surface area contributed by atoms with Crippen molar-refractivity contribution in [1.82, 2.24) is 5.32 Å². The minimum absolute atomic E-state index is 0. The van der Waals surface area contributed by atoms with Crippen molar-refractivity contribution in [2.45, 2.75) is 26.4 Å². The molecule has 1 N–H and O–H groups in total. The molecule has 0 spiro atoms. The second-order valence-corrected chi connectivity index (χ2v) is 3.18. The first-order valence-electron chi connectivity index (χ1n) is 4.11. The summed E-state index contributed by atoms with van der Waals surface area (Å²) >= 11 is 0. The van der Waals surface area contributed by atoms with Gasteiger partial charge in [0.15, 0.2) is 0 Å². The average Bonchev–Trinajstić information content (AvgIpc) is 2.35. The van der Waals surface area contributed by atoms with E-state index in [9.17, 15) is 4.79 Å². The SMILES string of the molecule is CC(C)OC(=O)[C@H]1CCNC1.Cl. The fourth-order valence-electron chi connectivity index (χ4n) is 1.18. The molecule has 1 fully saturated rings. The van der Waals surface area contributed by atoms with Crippen LogP contribution in [-0.2, 0) is 9.53 Å². The number of halogens is 1. The fraction of sp³-hybridized carbons (Fsp3) is 0.875. The zero-order chi connectivity index (χ0) is 8.27. The molecule has 0 aromatic rings. The molecule has 1 aliphatic rings. The third-order valence-corrected chi connectivity index (χ3v) is 1.75. The molecule has 1 saturated heterocycles. The quantitative estimate of drug-likeness (QED) is 0.665. The van der Waals surface area contributed by atoms with E-state index in [1.165, 1.54) is 0 Å². The minimum atomic E-state index is -0.0509. The molecule has 1 atom stereocenters. The molecule has 1 aliphatic heterocycles. The van der Waals surface area contributed by atoms with Crippen LogP contribution in [0.1, 0.15) is 20.3 Å². The van der Waals surface area contributed by atoms with Gasteiger partial charge in [0.1, 0.15) is 0 Å². The van der Waals surface area contributed by atoms with E-state index in [0.717, 1.165) is 19.5 Å². The molecule has 1 rings (SSSR count). The molecule has 0 amide bonds. The summed E-state index contributed by atoms with van der Waals surface area (Å²) in [7, 11) is 0. The summed E-state index contributed by atoms with van der Waals surface area (Å²) in [5.74, 6) is 0.0439. The summed E-state index contributed by atoms with van der Waals surface area (Å²) < 4.78 is 5.06. The average molecular weight is 194 g/mol. The molecule has 0 aromatic carbocycles. The standard InChI is InChI=1S/C8H15NO2.ClH/c1-6(2)11-8(10)7-3-4-9-5-7;/h6-7,9H,3-5H2,1-2H3;1H/t7-;/m0./s1. The number of hydrogen-bond donors (Lipinski definition) is 1. The molecule has 0 unspecified atom stereocenters. The van der Waals surface area contributed by atoms with Gasteiger partial charge in [0.05, 0.1) is 12.0 Å². The highest BCUT2D eigenvalue weighted by molar-refractivity contribution is 5.85. The maximum absolute atomic E-state index is 11.2. The van der Waals surface area contributed by atoms with E-state index in [0.29, 0.717) is 0 Å². The van der Waals surface area contributed by atoms with E-state index in [1.54, 1.807) is 0 Å². The Morgan fingerprint density at radius 1 is 1.58 bits per heavy atom. The van der Waals surface area contributed by atoms with Crippen LogP contribution in [0.3, 0.4) is 0 Å². The molecule has 0 aliphatic carbocycles. The first-order valence-corrected chi connectivity index (χ1v) is 4.11. The highest BCUT2D eigenvalue weighted by atomic mass is 35.5. The van der Waals surface area contributed by atoms with E-state index >= 15 is 0 Å². The van der Waals surface area contributed by atoms with Crippen molar-refractivity contribution in [2.75, 3.05) is 13.1 Å². The predicted octanol–water partition coefficient (Wildman–Crippen LogP) is 0.969. The topological polar surface area (TPSA) is 38.3 Å². The third kappa shape index (κ3) is 3.41. The van der Waals surface area contributed by atoms with Crippen LogP contribution in [0.4, 0.5) is 0 Å². The molecular weight excluding hydrogens is 178 g/mol. The Kier molecular flexibility index (Phi) is 5.25. The van der Waals surface area contributed by atoms with Gasteiger partial charge in [-0.1, -0.05) is 0 Å². The summed E-state index contributed by atoms with van der Waals surface area (Å²) in [6.07, 6.45) is 0.939. The van der Waals surface area contributed by atoms with Gasteiger partial charge in [0.25, 0.3) is 0 Å². The summed E-state index contributed by atoms with van der Waals surface area (Å²) in [5.41, 5.74) is 0. The second kappa shape index (κ2) is 5.38. The lowest BCUT2D eigenvalue weighted by Gasteiger charge is -2.11. The van der Waals surface area contributed by atoms with Gasteiger partial charge in [-0.3, -0.25) is 4.79 Å². The Bertz CT molecular complexity index is 144. The minimum Gasteiger partial charge on any atom is -0.463 e. The zero-order valence-electron chi connectivity index (χ0n) is 7.50. The summed E-state index contributed by atoms with van der Waals surface area (Å²) in [6.45, 7) is 5.48. The van der Waals surface area contributed by atoms with Gasteiger partial charge in [0, 0.05) is 6.54 Å². The Morgan fingerprint density at radius 3 is 2.67 bits per heavy atom. The number of carbonyl (C=O) groups excluding carboxylic acids is 1. The van der Waals surface area contributed by atoms with E-state index < -0.39 is 0 Å². The number of rotatable bonds is 2. The van der Waals surface area contributed by atoms with E-state index in [1.807, 2.05) is 13.8 Å². The lowest BCUT2D eigenvalue weighted by atomic mass is 10.1. The van der Waals surface area contributed by atoms with Crippen molar-refractivity contribution in [1.29, 1.82) is 0 Å². The van der Waals surface area contributed by atoms with Gasteiger partial charge in [-0.2, -0.15) is 0 Å². The van der Waals surface area contributed by atoms with Crippen molar-refractivity contribution in [3.8, 4) is 0 Å². The van der Waals surface area contributed by atoms with E-state index in [-0.39, 0.29) is 30.4 Å². The number of hydrogen-bond acceptors (Lipinski definition) is 3. The van der Waals surface area contributed by atoms with Crippen molar-refractivity contribution < 1.29 is 9.53 Å².